The monoisotopic (exact) mass is 467 g/mol. The summed E-state index contributed by atoms with van der Waals surface area (Å²) in [6.07, 6.45) is 0.950. The maximum atomic E-state index is 6.46. The lowest BCUT2D eigenvalue weighted by molar-refractivity contribution is 0.194. The molecule has 2 rings (SSSR count). The lowest BCUT2D eigenvalue weighted by Crippen LogP contribution is -2.16. The quantitative estimate of drug-likeness (QED) is 0.400. The van der Waals surface area contributed by atoms with Crippen molar-refractivity contribution >= 4 is 47.2 Å². The van der Waals surface area contributed by atoms with Crippen molar-refractivity contribution in [3.8, 4) is 11.5 Å². The fourth-order valence-corrected chi connectivity index (χ4v) is 3.24. The van der Waals surface area contributed by atoms with Gasteiger partial charge in [0.25, 0.3) is 0 Å². The molecule has 156 valence electrons. The van der Waals surface area contributed by atoms with Crippen LogP contribution in [0.5, 0.6) is 11.5 Å². The van der Waals surface area contributed by atoms with Crippen molar-refractivity contribution in [3.05, 3.63) is 56.5 Å². The molecule has 0 heterocycles. The minimum absolute atomic E-state index is 0. The van der Waals surface area contributed by atoms with Crippen LogP contribution in [0.4, 0.5) is 0 Å². The van der Waals surface area contributed by atoms with Gasteiger partial charge in [0.15, 0.2) is 11.5 Å². The Bertz CT molecular complexity index is 744. The first-order chi connectivity index (χ1) is 13.0. The highest BCUT2D eigenvalue weighted by Crippen LogP contribution is 2.37. The van der Waals surface area contributed by atoms with E-state index >= 15 is 0 Å². The number of halogens is 4. The van der Waals surface area contributed by atoms with Gasteiger partial charge in [-0.15, -0.1) is 12.4 Å². The molecular formula is C20H25Cl4NO3. The average Bonchev–Trinajstić information content (AvgIpc) is 2.62. The van der Waals surface area contributed by atoms with Crippen LogP contribution >= 0.6 is 47.2 Å². The number of nitrogens with one attached hydrogen (secondary N) is 1. The van der Waals surface area contributed by atoms with Crippen molar-refractivity contribution in [2.45, 2.75) is 26.5 Å². The third kappa shape index (κ3) is 7.86. The van der Waals surface area contributed by atoms with E-state index in [1.807, 2.05) is 25.1 Å². The second-order valence-corrected chi connectivity index (χ2v) is 7.14. The van der Waals surface area contributed by atoms with Gasteiger partial charge in [0.1, 0.15) is 6.61 Å². The van der Waals surface area contributed by atoms with Crippen LogP contribution in [0.2, 0.25) is 15.1 Å². The van der Waals surface area contributed by atoms with E-state index in [0.717, 1.165) is 30.7 Å². The zero-order valence-corrected chi connectivity index (χ0v) is 19.0. The number of hydrogen-bond donors (Lipinski definition) is 1. The smallest absolute Gasteiger partial charge is 0.180 e. The Hall–Kier alpha value is -0.880. The van der Waals surface area contributed by atoms with Crippen LogP contribution in [-0.2, 0) is 17.9 Å². The van der Waals surface area contributed by atoms with Crippen molar-refractivity contribution in [1.82, 2.24) is 5.32 Å². The molecule has 0 atom stereocenters. The summed E-state index contributed by atoms with van der Waals surface area (Å²) in [5.74, 6) is 1.12. The summed E-state index contributed by atoms with van der Waals surface area (Å²) in [6.45, 7) is 4.99. The molecule has 8 heteroatoms. The molecule has 0 radical (unpaired) electrons. The highest BCUT2D eigenvalue weighted by Gasteiger charge is 2.14. The molecule has 0 aliphatic heterocycles. The molecule has 0 aliphatic rings. The van der Waals surface area contributed by atoms with E-state index in [1.54, 1.807) is 19.2 Å². The summed E-state index contributed by atoms with van der Waals surface area (Å²) in [4.78, 5) is 0. The van der Waals surface area contributed by atoms with E-state index in [9.17, 15) is 0 Å². The first kappa shape index (κ1) is 25.2. The lowest BCUT2D eigenvalue weighted by Gasteiger charge is -2.16. The Labute approximate surface area is 187 Å². The van der Waals surface area contributed by atoms with Gasteiger partial charge in [-0.25, -0.2) is 0 Å². The maximum absolute atomic E-state index is 6.46. The second kappa shape index (κ2) is 13.4. The highest BCUT2D eigenvalue weighted by molar-refractivity contribution is 6.35. The number of ether oxygens (including phenoxy) is 3. The molecule has 0 saturated heterocycles. The molecule has 0 spiro atoms. The molecule has 0 aliphatic carbocycles. The standard InChI is InChI=1S/C20H24Cl3NO3.ClH/c1-3-26-19-10-14(12-24-7-4-8-25-2)9-18(23)20(19)27-13-15-5-6-16(21)11-17(15)22;/h5-6,9-11,24H,3-4,7-8,12-13H2,1-2H3;1H. The molecule has 0 saturated carbocycles. The molecule has 1 N–H and O–H groups in total. The van der Waals surface area contributed by atoms with Crippen molar-refractivity contribution in [1.29, 1.82) is 0 Å². The lowest BCUT2D eigenvalue weighted by atomic mass is 10.2. The Morgan fingerprint density at radius 3 is 2.46 bits per heavy atom. The molecule has 0 amide bonds. The first-order valence-corrected chi connectivity index (χ1v) is 9.90. The van der Waals surface area contributed by atoms with Crippen LogP contribution in [0.3, 0.4) is 0 Å². The number of hydrogen-bond acceptors (Lipinski definition) is 4. The third-order valence-electron chi connectivity index (χ3n) is 3.79. The predicted octanol–water partition coefficient (Wildman–Crippen LogP) is 6.17. The Balaban J connectivity index is 0.00000392. The van der Waals surface area contributed by atoms with E-state index < -0.39 is 0 Å². The van der Waals surface area contributed by atoms with E-state index in [4.69, 9.17) is 49.0 Å². The van der Waals surface area contributed by atoms with E-state index in [1.165, 1.54) is 0 Å². The maximum Gasteiger partial charge on any atom is 0.180 e. The number of rotatable bonds is 11. The topological polar surface area (TPSA) is 39.7 Å². The Morgan fingerprint density at radius 2 is 1.79 bits per heavy atom. The zero-order chi connectivity index (χ0) is 19.6. The van der Waals surface area contributed by atoms with Crippen molar-refractivity contribution in [3.63, 3.8) is 0 Å². The summed E-state index contributed by atoms with van der Waals surface area (Å²) in [5.41, 5.74) is 1.85. The molecular weight excluding hydrogens is 444 g/mol. The fourth-order valence-electron chi connectivity index (χ4n) is 2.49. The first-order valence-electron chi connectivity index (χ1n) is 8.76. The van der Waals surface area contributed by atoms with Crippen molar-refractivity contribution in [2.24, 2.45) is 0 Å². The van der Waals surface area contributed by atoms with Crippen LogP contribution in [-0.4, -0.2) is 26.9 Å². The predicted molar refractivity (Wildman–Crippen MR) is 119 cm³/mol. The van der Waals surface area contributed by atoms with Gasteiger partial charge in [-0.3, -0.25) is 0 Å². The van der Waals surface area contributed by atoms with Gasteiger partial charge >= 0.3 is 0 Å². The van der Waals surface area contributed by atoms with Crippen molar-refractivity contribution < 1.29 is 14.2 Å². The highest BCUT2D eigenvalue weighted by atomic mass is 35.5. The molecule has 0 fully saturated rings. The van der Waals surface area contributed by atoms with Crippen LogP contribution in [0.1, 0.15) is 24.5 Å². The third-order valence-corrected chi connectivity index (χ3v) is 4.66. The van der Waals surface area contributed by atoms with E-state index in [2.05, 4.69) is 5.32 Å². The van der Waals surface area contributed by atoms with Gasteiger partial charge in [0.05, 0.1) is 11.6 Å². The second-order valence-electron chi connectivity index (χ2n) is 5.89. The molecule has 28 heavy (non-hydrogen) atoms. The minimum atomic E-state index is 0. The van der Waals surface area contributed by atoms with Crippen LogP contribution in [0.15, 0.2) is 30.3 Å². The SMILES string of the molecule is CCOc1cc(CNCCCOC)cc(Cl)c1OCc1ccc(Cl)cc1Cl.Cl. The number of methoxy groups -OCH3 is 1. The fraction of sp³-hybridized carbons (Fsp3) is 0.400. The molecule has 4 nitrogen and oxygen atoms in total. The van der Waals surface area contributed by atoms with Gasteiger partial charge in [-0.1, -0.05) is 40.9 Å². The normalized spacial score (nSPS) is 10.5. The summed E-state index contributed by atoms with van der Waals surface area (Å²) < 4.78 is 16.7. The van der Waals surface area contributed by atoms with Crippen molar-refractivity contribution in [2.75, 3.05) is 26.9 Å². The van der Waals surface area contributed by atoms with Gasteiger partial charge in [-0.05, 0) is 49.7 Å². The minimum Gasteiger partial charge on any atom is -0.490 e. The van der Waals surface area contributed by atoms with Gasteiger partial charge in [0, 0.05) is 35.9 Å². The molecule has 0 unspecified atom stereocenters. The molecule has 2 aromatic rings. The Morgan fingerprint density at radius 1 is 1.00 bits per heavy atom. The van der Waals surface area contributed by atoms with Gasteiger partial charge < -0.3 is 19.5 Å². The summed E-state index contributed by atoms with van der Waals surface area (Å²) in [6, 6.07) is 9.11. The summed E-state index contributed by atoms with van der Waals surface area (Å²) >= 11 is 18.6. The molecule has 2 aromatic carbocycles. The van der Waals surface area contributed by atoms with E-state index in [0.29, 0.717) is 39.7 Å². The Kier molecular flexibility index (Phi) is 12.0. The van der Waals surface area contributed by atoms with Gasteiger partial charge in [0.2, 0.25) is 0 Å². The summed E-state index contributed by atoms with van der Waals surface area (Å²) in [5, 5.41) is 4.99. The largest absolute Gasteiger partial charge is 0.490 e. The number of benzene rings is 2. The van der Waals surface area contributed by atoms with E-state index in [-0.39, 0.29) is 19.0 Å². The van der Waals surface area contributed by atoms with Crippen LogP contribution < -0.4 is 14.8 Å². The zero-order valence-electron chi connectivity index (χ0n) is 15.9. The van der Waals surface area contributed by atoms with Crippen LogP contribution in [0.25, 0.3) is 0 Å². The molecule has 0 aromatic heterocycles. The molecule has 0 bridgehead atoms. The van der Waals surface area contributed by atoms with Crippen LogP contribution in [0, 0.1) is 0 Å². The summed E-state index contributed by atoms with van der Waals surface area (Å²) in [7, 11) is 1.70. The average molecular weight is 469 g/mol. The van der Waals surface area contributed by atoms with Gasteiger partial charge in [-0.2, -0.15) is 0 Å².